The summed E-state index contributed by atoms with van der Waals surface area (Å²) in [4.78, 5) is 15.7. The SMILES string of the molecule is CCN(Cc1cccs1)C(=O)C1CC1c1ccc(F)cc1. The van der Waals surface area contributed by atoms with E-state index in [0.717, 1.165) is 18.5 Å². The molecule has 2 atom stereocenters. The van der Waals surface area contributed by atoms with E-state index < -0.39 is 0 Å². The molecule has 110 valence electrons. The maximum absolute atomic E-state index is 12.9. The van der Waals surface area contributed by atoms with Crippen LogP contribution in [0.4, 0.5) is 4.39 Å². The third-order valence-electron chi connectivity index (χ3n) is 4.03. The van der Waals surface area contributed by atoms with Gasteiger partial charge in [-0.1, -0.05) is 18.2 Å². The Bertz CT molecular complexity index is 608. The first-order valence-electron chi connectivity index (χ1n) is 7.25. The molecule has 1 aliphatic carbocycles. The van der Waals surface area contributed by atoms with Gasteiger partial charge in [-0.05, 0) is 48.4 Å². The molecule has 21 heavy (non-hydrogen) atoms. The quantitative estimate of drug-likeness (QED) is 0.816. The zero-order chi connectivity index (χ0) is 14.8. The molecule has 2 unspecified atom stereocenters. The van der Waals surface area contributed by atoms with Gasteiger partial charge in [0.2, 0.25) is 5.91 Å². The summed E-state index contributed by atoms with van der Waals surface area (Å²) in [6.07, 6.45) is 0.880. The lowest BCUT2D eigenvalue weighted by molar-refractivity contribution is -0.133. The second kappa shape index (κ2) is 5.98. The van der Waals surface area contributed by atoms with E-state index in [1.54, 1.807) is 23.5 Å². The van der Waals surface area contributed by atoms with E-state index in [1.165, 1.54) is 17.0 Å². The van der Waals surface area contributed by atoms with Gasteiger partial charge in [-0.25, -0.2) is 4.39 Å². The molecular formula is C17H18FNOS. The molecule has 4 heteroatoms. The summed E-state index contributed by atoms with van der Waals surface area (Å²) in [6, 6.07) is 10.6. The molecule has 0 saturated heterocycles. The summed E-state index contributed by atoms with van der Waals surface area (Å²) in [5, 5.41) is 2.03. The lowest BCUT2D eigenvalue weighted by Crippen LogP contribution is -2.31. The van der Waals surface area contributed by atoms with Crippen LogP contribution in [0.1, 0.15) is 29.7 Å². The van der Waals surface area contributed by atoms with E-state index in [9.17, 15) is 9.18 Å². The molecule has 0 spiro atoms. The lowest BCUT2D eigenvalue weighted by atomic mass is 10.1. The van der Waals surface area contributed by atoms with Crippen molar-refractivity contribution < 1.29 is 9.18 Å². The number of hydrogen-bond donors (Lipinski definition) is 0. The Morgan fingerprint density at radius 1 is 1.33 bits per heavy atom. The van der Waals surface area contributed by atoms with Crippen molar-refractivity contribution in [3.05, 3.63) is 58.0 Å². The number of benzene rings is 1. The van der Waals surface area contributed by atoms with Crippen molar-refractivity contribution >= 4 is 17.2 Å². The van der Waals surface area contributed by atoms with Gasteiger partial charge in [0.05, 0.1) is 6.54 Å². The van der Waals surface area contributed by atoms with Crippen LogP contribution in [0.15, 0.2) is 41.8 Å². The molecule has 1 aromatic carbocycles. The maximum Gasteiger partial charge on any atom is 0.226 e. The molecule has 1 aromatic heterocycles. The van der Waals surface area contributed by atoms with Crippen LogP contribution in [0.5, 0.6) is 0 Å². The summed E-state index contributed by atoms with van der Waals surface area (Å²) in [6.45, 7) is 3.43. The first kappa shape index (κ1) is 14.3. The average Bonchev–Trinajstić information content (AvgIpc) is 3.13. The van der Waals surface area contributed by atoms with Crippen LogP contribution in [-0.4, -0.2) is 17.4 Å². The van der Waals surface area contributed by atoms with Crippen LogP contribution in [-0.2, 0) is 11.3 Å². The van der Waals surface area contributed by atoms with Crippen molar-refractivity contribution in [2.24, 2.45) is 5.92 Å². The Labute approximate surface area is 128 Å². The first-order chi connectivity index (χ1) is 10.2. The molecule has 1 aliphatic rings. The highest BCUT2D eigenvalue weighted by atomic mass is 32.1. The first-order valence-corrected chi connectivity index (χ1v) is 8.13. The molecule has 0 radical (unpaired) electrons. The summed E-state index contributed by atoms with van der Waals surface area (Å²) >= 11 is 1.68. The van der Waals surface area contributed by atoms with Gasteiger partial charge in [0, 0.05) is 17.3 Å². The third-order valence-corrected chi connectivity index (χ3v) is 4.89. The van der Waals surface area contributed by atoms with Gasteiger partial charge in [0.1, 0.15) is 5.82 Å². The fourth-order valence-corrected chi connectivity index (χ4v) is 3.44. The summed E-state index contributed by atoms with van der Waals surface area (Å²) in [5.74, 6) is 0.321. The molecule has 0 N–H and O–H groups in total. The number of nitrogens with zero attached hydrogens (tertiary/aromatic N) is 1. The lowest BCUT2D eigenvalue weighted by Gasteiger charge is -2.20. The van der Waals surface area contributed by atoms with Gasteiger partial charge in [0.25, 0.3) is 0 Å². The molecule has 0 bridgehead atoms. The molecule has 2 aromatic rings. The van der Waals surface area contributed by atoms with Crippen LogP contribution >= 0.6 is 11.3 Å². The summed E-state index contributed by atoms with van der Waals surface area (Å²) in [5.41, 5.74) is 1.07. The van der Waals surface area contributed by atoms with E-state index in [0.29, 0.717) is 6.54 Å². The van der Waals surface area contributed by atoms with E-state index >= 15 is 0 Å². The highest BCUT2D eigenvalue weighted by Crippen LogP contribution is 2.48. The van der Waals surface area contributed by atoms with Crippen molar-refractivity contribution in [3.8, 4) is 0 Å². The summed E-state index contributed by atoms with van der Waals surface area (Å²) in [7, 11) is 0. The number of carbonyl (C=O) groups is 1. The molecule has 0 aliphatic heterocycles. The van der Waals surface area contributed by atoms with Crippen LogP contribution in [0, 0.1) is 11.7 Å². The Balaban J connectivity index is 1.64. The van der Waals surface area contributed by atoms with Crippen LogP contribution in [0.2, 0.25) is 0 Å². The highest BCUT2D eigenvalue weighted by Gasteiger charge is 2.45. The van der Waals surface area contributed by atoms with Crippen molar-refractivity contribution in [1.82, 2.24) is 4.90 Å². The Kier molecular flexibility index (Phi) is 4.06. The number of amides is 1. The predicted molar refractivity (Wildman–Crippen MR) is 82.7 cm³/mol. The second-order valence-corrected chi connectivity index (χ2v) is 6.46. The zero-order valence-corrected chi connectivity index (χ0v) is 12.8. The summed E-state index contributed by atoms with van der Waals surface area (Å²) < 4.78 is 12.9. The van der Waals surface area contributed by atoms with Gasteiger partial charge in [-0.15, -0.1) is 11.3 Å². The Hall–Kier alpha value is -1.68. The topological polar surface area (TPSA) is 20.3 Å². The fraction of sp³-hybridized carbons (Fsp3) is 0.353. The molecule has 3 rings (SSSR count). The minimum atomic E-state index is -0.227. The molecule has 1 fully saturated rings. The van der Waals surface area contributed by atoms with Crippen molar-refractivity contribution in [3.63, 3.8) is 0 Å². The Morgan fingerprint density at radius 3 is 2.71 bits per heavy atom. The normalized spacial score (nSPS) is 20.3. The molecule has 1 amide bonds. The number of carbonyl (C=O) groups excluding carboxylic acids is 1. The Morgan fingerprint density at radius 2 is 2.10 bits per heavy atom. The standard InChI is InChI=1S/C17H18FNOS/c1-2-19(11-14-4-3-9-21-14)17(20)16-10-15(16)12-5-7-13(18)8-6-12/h3-9,15-16H,2,10-11H2,1H3. The average molecular weight is 303 g/mol. The maximum atomic E-state index is 12.9. The predicted octanol–water partition coefficient (Wildman–Crippen LogP) is 4.04. The highest BCUT2D eigenvalue weighted by molar-refractivity contribution is 7.09. The molecule has 2 nitrogen and oxygen atoms in total. The van der Waals surface area contributed by atoms with E-state index in [2.05, 4.69) is 6.07 Å². The van der Waals surface area contributed by atoms with E-state index in [4.69, 9.17) is 0 Å². The third kappa shape index (κ3) is 3.16. The van der Waals surface area contributed by atoms with E-state index in [-0.39, 0.29) is 23.6 Å². The van der Waals surface area contributed by atoms with Gasteiger partial charge in [-0.3, -0.25) is 4.79 Å². The minimum Gasteiger partial charge on any atom is -0.338 e. The van der Waals surface area contributed by atoms with Gasteiger partial charge in [0.15, 0.2) is 0 Å². The van der Waals surface area contributed by atoms with Crippen molar-refractivity contribution in [2.45, 2.75) is 25.8 Å². The van der Waals surface area contributed by atoms with Crippen LogP contribution in [0.3, 0.4) is 0 Å². The number of halogens is 1. The van der Waals surface area contributed by atoms with Crippen molar-refractivity contribution in [2.75, 3.05) is 6.54 Å². The fourth-order valence-electron chi connectivity index (χ4n) is 2.72. The zero-order valence-electron chi connectivity index (χ0n) is 12.0. The monoisotopic (exact) mass is 303 g/mol. The second-order valence-electron chi connectivity index (χ2n) is 5.43. The van der Waals surface area contributed by atoms with Gasteiger partial charge < -0.3 is 4.90 Å². The largest absolute Gasteiger partial charge is 0.338 e. The van der Waals surface area contributed by atoms with Crippen LogP contribution in [0.25, 0.3) is 0 Å². The molecule has 1 heterocycles. The van der Waals surface area contributed by atoms with Crippen LogP contribution < -0.4 is 0 Å². The number of thiophene rings is 1. The minimum absolute atomic E-state index is 0.0652. The molecular weight excluding hydrogens is 285 g/mol. The smallest absolute Gasteiger partial charge is 0.226 e. The number of hydrogen-bond acceptors (Lipinski definition) is 2. The van der Waals surface area contributed by atoms with Gasteiger partial charge >= 0.3 is 0 Å². The van der Waals surface area contributed by atoms with Crippen molar-refractivity contribution in [1.29, 1.82) is 0 Å². The number of rotatable bonds is 5. The van der Waals surface area contributed by atoms with Gasteiger partial charge in [-0.2, -0.15) is 0 Å². The molecule has 1 saturated carbocycles. The van der Waals surface area contributed by atoms with E-state index in [1.807, 2.05) is 23.3 Å².